The summed E-state index contributed by atoms with van der Waals surface area (Å²) >= 11 is 0. The Morgan fingerprint density at radius 2 is 2.00 bits per heavy atom. The Kier molecular flexibility index (Phi) is 3.81. The highest BCUT2D eigenvalue weighted by Gasteiger charge is 2.36. The quantitative estimate of drug-likeness (QED) is 0.869. The van der Waals surface area contributed by atoms with Gasteiger partial charge in [-0.2, -0.15) is 0 Å². The van der Waals surface area contributed by atoms with E-state index in [1.807, 2.05) is 6.07 Å². The molecule has 0 radical (unpaired) electrons. The summed E-state index contributed by atoms with van der Waals surface area (Å²) in [6.07, 6.45) is 0.729. The normalized spacial score (nSPS) is 25.7. The summed E-state index contributed by atoms with van der Waals surface area (Å²) in [5, 5.41) is 2.57. The molecule has 0 amide bonds. The van der Waals surface area contributed by atoms with E-state index in [0.29, 0.717) is 11.5 Å². The molecule has 5 heteroatoms. The second-order valence-corrected chi connectivity index (χ2v) is 6.32. The topological polar surface area (TPSA) is 55.4 Å². The second kappa shape index (κ2) is 5.16. The minimum Gasteiger partial charge on any atom is -0.380 e. The zero-order chi connectivity index (χ0) is 12.3. The number of benzene rings is 1. The average molecular weight is 255 g/mol. The van der Waals surface area contributed by atoms with Crippen molar-refractivity contribution in [3.8, 4) is 0 Å². The Morgan fingerprint density at radius 3 is 2.65 bits per heavy atom. The van der Waals surface area contributed by atoms with Crippen LogP contribution in [0.4, 0.5) is 0 Å². The molecule has 1 aromatic carbocycles. The molecule has 1 N–H and O–H groups in total. The Hall–Kier alpha value is -0.910. The molecule has 0 aliphatic carbocycles. The van der Waals surface area contributed by atoms with Crippen LogP contribution in [0.3, 0.4) is 0 Å². The fraction of sp³-hybridized carbons (Fsp3) is 0.500. The maximum Gasteiger partial charge on any atom is 0.185 e. The summed E-state index contributed by atoms with van der Waals surface area (Å²) in [6, 6.07) is 8.53. The van der Waals surface area contributed by atoms with E-state index in [0.717, 1.165) is 6.42 Å². The zero-order valence-corrected chi connectivity index (χ0v) is 10.6. The highest BCUT2D eigenvalue weighted by atomic mass is 32.2. The molecule has 1 heterocycles. The Balaban J connectivity index is 2.31. The van der Waals surface area contributed by atoms with Crippen LogP contribution in [0, 0.1) is 0 Å². The third-order valence-electron chi connectivity index (χ3n) is 3.15. The van der Waals surface area contributed by atoms with Crippen LogP contribution in [-0.4, -0.2) is 40.0 Å². The minimum atomic E-state index is -3.31. The van der Waals surface area contributed by atoms with Crippen molar-refractivity contribution in [3.63, 3.8) is 0 Å². The smallest absolute Gasteiger partial charge is 0.185 e. The van der Waals surface area contributed by atoms with Crippen LogP contribution < -0.4 is 5.32 Å². The molecule has 1 fully saturated rings. The van der Waals surface area contributed by atoms with Gasteiger partial charge in [-0.25, -0.2) is 8.42 Å². The van der Waals surface area contributed by atoms with Gasteiger partial charge in [0.15, 0.2) is 9.84 Å². The Bertz CT molecular complexity index is 458. The van der Waals surface area contributed by atoms with Crippen molar-refractivity contribution in [2.45, 2.75) is 22.6 Å². The van der Waals surface area contributed by atoms with Crippen molar-refractivity contribution < 1.29 is 13.2 Å². The molecule has 1 aliphatic heterocycles. The van der Waals surface area contributed by atoms with Crippen molar-refractivity contribution in [3.05, 3.63) is 30.3 Å². The lowest BCUT2D eigenvalue weighted by Gasteiger charge is -2.30. The maximum atomic E-state index is 12.4. The lowest BCUT2D eigenvalue weighted by Crippen LogP contribution is -2.49. The van der Waals surface area contributed by atoms with E-state index in [2.05, 4.69) is 5.32 Å². The molecule has 2 rings (SSSR count). The first-order valence-corrected chi connectivity index (χ1v) is 7.25. The van der Waals surface area contributed by atoms with Gasteiger partial charge in [-0.1, -0.05) is 18.2 Å². The highest BCUT2D eigenvalue weighted by molar-refractivity contribution is 7.92. The van der Waals surface area contributed by atoms with E-state index >= 15 is 0 Å². The summed E-state index contributed by atoms with van der Waals surface area (Å²) in [5.41, 5.74) is 0. The van der Waals surface area contributed by atoms with Crippen molar-refractivity contribution >= 4 is 9.84 Å². The lowest BCUT2D eigenvalue weighted by atomic mass is 10.1. The molecule has 4 nitrogen and oxygen atoms in total. The predicted octanol–water partition coefficient (Wildman–Crippen LogP) is 0.837. The van der Waals surface area contributed by atoms with Crippen LogP contribution in [0.25, 0.3) is 0 Å². The van der Waals surface area contributed by atoms with Crippen LogP contribution >= 0.6 is 0 Å². The summed E-state index contributed by atoms with van der Waals surface area (Å²) in [7, 11) is -1.52. The Labute approximate surface area is 102 Å². The molecule has 2 unspecified atom stereocenters. The van der Waals surface area contributed by atoms with E-state index in [4.69, 9.17) is 4.74 Å². The lowest BCUT2D eigenvalue weighted by molar-refractivity contribution is 0.0825. The summed E-state index contributed by atoms with van der Waals surface area (Å²) < 4.78 is 30.2. The monoisotopic (exact) mass is 255 g/mol. The van der Waals surface area contributed by atoms with Gasteiger partial charge in [0.05, 0.1) is 11.5 Å². The highest BCUT2D eigenvalue weighted by Crippen LogP contribution is 2.22. The molecule has 1 aliphatic rings. The van der Waals surface area contributed by atoms with Gasteiger partial charge in [0, 0.05) is 12.6 Å². The van der Waals surface area contributed by atoms with Gasteiger partial charge in [-0.15, -0.1) is 0 Å². The number of hydrogen-bond acceptors (Lipinski definition) is 4. The van der Waals surface area contributed by atoms with Gasteiger partial charge in [0.1, 0.15) is 5.25 Å². The van der Waals surface area contributed by atoms with Gasteiger partial charge in [-0.05, 0) is 25.6 Å². The molecule has 1 aromatic rings. The molecule has 0 bridgehead atoms. The number of sulfone groups is 1. The van der Waals surface area contributed by atoms with Crippen molar-refractivity contribution in [2.24, 2.45) is 0 Å². The fourth-order valence-electron chi connectivity index (χ4n) is 2.13. The van der Waals surface area contributed by atoms with Crippen LogP contribution in [0.1, 0.15) is 6.42 Å². The molecule has 2 atom stereocenters. The molecular formula is C12H17NO3S. The molecule has 94 valence electrons. The molecule has 17 heavy (non-hydrogen) atoms. The van der Waals surface area contributed by atoms with Gasteiger partial charge in [0.2, 0.25) is 0 Å². The minimum absolute atomic E-state index is 0.0334. The van der Waals surface area contributed by atoms with Gasteiger partial charge < -0.3 is 10.1 Å². The van der Waals surface area contributed by atoms with Crippen LogP contribution in [-0.2, 0) is 14.6 Å². The first-order chi connectivity index (χ1) is 8.16. The van der Waals surface area contributed by atoms with Crippen molar-refractivity contribution in [1.82, 2.24) is 5.32 Å². The van der Waals surface area contributed by atoms with Crippen molar-refractivity contribution in [1.29, 1.82) is 0 Å². The molecule has 0 aromatic heterocycles. The fourth-order valence-corrected chi connectivity index (χ4v) is 4.00. The largest absolute Gasteiger partial charge is 0.380 e. The molecule has 1 saturated heterocycles. The van der Waals surface area contributed by atoms with E-state index in [-0.39, 0.29) is 12.6 Å². The van der Waals surface area contributed by atoms with Crippen LogP contribution in [0.2, 0.25) is 0 Å². The van der Waals surface area contributed by atoms with E-state index < -0.39 is 15.1 Å². The number of ether oxygens (including phenoxy) is 1. The third-order valence-corrected chi connectivity index (χ3v) is 5.34. The third kappa shape index (κ3) is 2.51. The number of rotatable bonds is 3. The van der Waals surface area contributed by atoms with E-state index in [1.54, 1.807) is 31.3 Å². The molecule has 0 spiro atoms. The zero-order valence-electron chi connectivity index (χ0n) is 9.80. The van der Waals surface area contributed by atoms with E-state index in [9.17, 15) is 8.42 Å². The van der Waals surface area contributed by atoms with Gasteiger partial charge in [-0.3, -0.25) is 0 Å². The van der Waals surface area contributed by atoms with E-state index in [1.165, 1.54) is 0 Å². The second-order valence-electron chi connectivity index (χ2n) is 4.16. The average Bonchev–Trinajstić information content (AvgIpc) is 2.39. The summed E-state index contributed by atoms with van der Waals surface area (Å²) in [4.78, 5) is 0.371. The molecule has 0 saturated carbocycles. The first kappa shape index (κ1) is 12.5. The maximum absolute atomic E-state index is 12.4. The number of nitrogens with one attached hydrogen (secondary N) is 1. The standard InChI is InChI=1S/C12H17NO3S/c1-13-11-7-8-16-9-12(11)17(14,15)10-5-3-2-4-6-10/h2-6,11-13H,7-9H2,1H3. The first-order valence-electron chi connectivity index (χ1n) is 5.70. The summed E-state index contributed by atoms with van der Waals surface area (Å²) in [5.74, 6) is 0. The Morgan fingerprint density at radius 1 is 1.29 bits per heavy atom. The van der Waals surface area contributed by atoms with Crippen molar-refractivity contribution in [2.75, 3.05) is 20.3 Å². The van der Waals surface area contributed by atoms with Crippen LogP contribution in [0.15, 0.2) is 35.2 Å². The van der Waals surface area contributed by atoms with Gasteiger partial charge >= 0.3 is 0 Å². The van der Waals surface area contributed by atoms with Gasteiger partial charge in [0.25, 0.3) is 0 Å². The van der Waals surface area contributed by atoms with Crippen LogP contribution in [0.5, 0.6) is 0 Å². The molecular weight excluding hydrogens is 238 g/mol. The number of hydrogen-bond donors (Lipinski definition) is 1. The SMILES string of the molecule is CNC1CCOCC1S(=O)(=O)c1ccccc1. The predicted molar refractivity (Wildman–Crippen MR) is 65.7 cm³/mol. The summed E-state index contributed by atoms with van der Waals surface area (Å²) in [6.45, 7) is 0.884.